The Morgan fingerprint density at radius 1 is 1.44 bits per heavy atom. The van der Waals surface area contributed by atoms with Gasteiger partial charge < -0.3 is 15.8 Å². The molecule has 1 unspecified atom stereocenters. The van der Waals surface area contributed by atoms with E-state index in [2.05, 4.69) is 5.32 Å². The van der Waals surface area contributed by atoms with Crippen molar-refractivity contribution in [2.24, 2.45) is 5.73 Å². The van der Waals surface area contributed by atoms with E-state index in [-0.39, 0.29) is 5.91 Å². The molecule has 1 atom stereocenters. The molecule has 100 valence electrons. The third-order valence-electron chi connectivity index (χ3n) is 2.91. The predicted octanol–water partition coefficient (Wildman–Crippen LogP) is 1.37. The maximum absolute atomic E-state index is 11.7. The van der Waals surface area contributed by atoms with Gasteiger partial charge in [-0.1, -0.05) is 24.3 Å². The summed E-state index contributed by atoms with van der Waals surface area (Å²) in [6.45, 7) is 3.20. The summed E-state index contributed by atoms with van der Waals surface area (Å²) < 4.78 is 4.93. The molecule has 18 heavy (non-hydrogen) atoms. The zero-order valence-corrected chi connectivity index (χ0v) is 11.1. The Kier molecular flexibility index (Phi) is 6.39. The van der Waals surface area contributed by atoms with Gasteiger partial charge in [-0.05, 0) is 30.9 Å². The Morgan fingerprint density at radius 3 is 2.83 bits per heavy atom. The first-order valence-corrected chi connectivity index (χ1v) is 6.22. The molecule has 3 N–H and O–H groups in total. The van der Waals surface area contributed by atoms with Crippen molar-refractivity contribution in [1.82, 2.24) is 5.32 Å². The number of benzene rings is 1. The van der Waals surface area contributed by atoms with Crippen LogP contribution in [0.1, 0.15) is 24.0 Å². The molecule has 0 radical (unpaired) electrons. The van der Waals surface area contributed by atoms with Crippen LogP contribution in [0.5, 0.6) is 0 Å². The van der Waals surface area contributed by atoms with Crippen molar-refractivity contribution in [3.05, 3.63) is 35.4 Å². The van der Waals surface area contributed by atoms with Gasteiger partial charge in [-0.15, -0.1) is 0 Å². The van der Waals surface area contributed by atoms with Crippen LogP contribution in [0, 0.1) is 6.92 Å². The van der Waals surface area contributed by atoms with Crippen LogP contribution in [-0.4, -0.2) is 25.7 Å². The van der Waals surface area contributed by atoms with E-state index in [1.807, 2.05) is 31.2 Å². The molecule has 1 aromatic carbocycles. The number of carbonyl (C=O) groups is 1. The molecule has 0 aliphatic carbocycles. The summed E-state index contributed by atoms with van der Waals surface area (Å²) in [5.41, 5.74) is 8.08. The maximum atomic E-state index is 11.7. The van der Waals surface area contributed by atoms with E-state index >= 15 is 0 Å². The largest absolute Gasteiger partial charge is 0.385 e. The van der Waals surface area contributed by atoms with Crippen LogP contribution in [0.25, 0.3) is 0 Å². The molecule has 0 saturated carbocycles. The van der Waals surface area contributed by atoms with E-state index in [0.717, 1.165) is 12.0 Å². The van der Waals surface area contributed by atoms with Gasteiger partial charge in [-0.25, -0.2) is 0 Å². The third kappa shape index (κ3) is 4.85. The minimum absolute atomic E-state index is 0.102. The van der Waals surface area contributed by atoms with Crippen molar-refractivity contribution >= 4 is 5.91 Å². The first kappa shape index (κ1) is 14.7. The SMILES string of the molecule is COCCCC(N)C(=O)NCc1ccccc1C. The fourth-order valence-corrected chi connectivity index (χ4v) is 1.70. The summed E-state index contributed by atoms with van der Waals surface area (Å²) in [5, 5.41) is 2.86. The quantitative estimate of drug-likeness (QED) is 0.718. The molecule has 1 rings (SSSR count). The highest BCUT2D eigenvalue weighted by atomic mass is 16.5. The molecule has 0 spiro atoms. The van der Waals surface area contributed by atoms with Crippen LogP contribution in [0.4, 0.5) is 0 Å². The molecule has 1 aromatic rings. The number of hydrogen-bond donors (Lipinski definition) is 2. The average molecular weight is 250 g/mol. The van der Waals surface area contributed by atoms with E-state index in [1.165, 1.54) is 5.56 Å². The van der Waals surface area contributed by atoms with Gasteiger partial charge in [0.1, 0.15) is 0 Å². The maximum Gasteiger partial charge on any atom is 0.237 e. The number of nitrogens with one attached hydrogen (secondary N) is 1. The van der Waals surface area contributed by atoms with Crippen LogP contribution >= 0.6 is 0 Å². The Hall–Kier alpha value is -1.39. The molecule has 0 heterocycles. The molecule has 4 heteroatoms. The Bertz CT molecular complexity index is 380. The molecule has 0 saturated heterocycles. The lowest BCUT2D eigenvalue weighted by Gasteiger charge is -2.13. The van der Waals surface area contributed by atoms with E-state index < -0.39 is 6.04 Å². The van der Waals surface area contributed by atoms with Crippen LogP contribution in [0.2, 0.25) is 0 Å². The molecule has 0 fully saturated rings. The fourth-order valence-electron chi connectivity index (χ4n) is 1.70. The minimum atomic E-state index is -0.454. The average Bonchev–Trinajstić information content (AvgIpc) is 2.37. The summed E-state index contributed by atoms with van der Waals surface area (Å²) in [6.07, 6.45) is 1.45. The number of nitrogens with two attached hydrogens (primary N) is 1. The minimum Gasteiger partial charge on any atom is -0.385 e. The topological polar surface area (TPSA) is 64.3 Å². The van der Waals surface area contributed by atoms with Crippen molar-refractivity contribution in [2.75, 3.05) is 13.7 Å². The molecule has 0 aromatic heterocycles. The van der Waals surface area contributed by atoms with E-state index in [1.54, 1.807) is 7.11 Å². The summed E-state index contributed by atoms with van der Waals surface area (Å²) in [6, 6.07) is 7.53. The number of hydrogen-bond acceptors (Lipinski definition) is 3. The van der Waals surface area contributed by atoms with E-state index in [0.29, 0.717) is 19.6 Å². The highest BCUT2D eigenvalue weighted by Crippen LogP contribution is 2.06. The molecule has 1 amide bonds. The van der Waals surface area contributed by atoms with Crippen LogP contribution in [0.3, 0.4) is 0 Å². The second kappa shape index (κ2) is 7.84. The predicted molar refractivity (Wildman–Crippen MR) is 72.1 cm³/mol. The van der Waals surface area contributed by atoms with Crippen molar-refractivity contribution in [3.63, 3.8) is 0 Å². The smallest absolute Gasteiger partial charge is 0.237 e. The van der Waals surface area contributed by atoms with Crippen LogP contribution in [-0.2, 0) is 16.1 Å². The summed E-state index contributed by atoms with van der Waals surface area (Å²) in [4.78, 5) is 11.7. The molecule has 4 nitrogen and oxygen atoms in total. The monoisotopic (exact) mass is 250 g/mol. The molecule has 0 bridgehead atoms. The summed E-state index contributed by atoms with van der Waals surface area (Å²) in [7, 11) is 1.64. The molecule has 0 aliphatic heterocycles. The number of aryl methyl sites for hydroxylation is 1. The third-order valence-corrected chi connectivity index (χ3v) is 2.91. The summed E-state index contributed by atoms with van der Waals surface area (Å²) in [5.74, 6) is -0.102. The van der Waals surface area contributed by atoms with Crippen molar-refractivity contribution < 1.29 is 9.53 Å². The number of ether oxygens (including phenoxy) is 1. The van der Waals surface area contributed by atoms with E-state index in [4.69, 9.17) is 10.5 Å². The van der Waals surface area contributed by atoms with Gasteiger partial charge in [0, 0.05) is 20.3 Å². The number of amides is 1. The highest BCUT2D eigenvalue weighted by Gasteiger charge is 2.12. The molecular formula is C14H22N2O2. The van der Waals surface area contributed by atoms with Crippen LogP contribution < -0.4 is 11.1 Å². The zero-order chi connectivity index (χ0) is 13.4. The van der Waals surface area contributed by atoms with Gasteiger partial charge in [0.25, 0.3) is 0 Å². The van der Waals surface area contributed by atoms with Crippen molar-refractivity contribution in [1.29, 1.82) is 0 Å². The highest BCUT2D eigenvalue weighted by molar-refractivity contribution is 5.81. The van der Waals surface area contributed by atoms with Gasteiger partial charge >= 0.3 is 0 Å². The number of methoxy groups -OCH3 is 1. The molecule has 0 aliphatic rings. The van der Waals surface area contributed by atoms with Crippen molar-refractivity contribution in [2.45, 2.75) is 32.4 Å². The van der Waals surface area contributed by atoms with E-state index in [9.17, 15) is 4.79 Å². The first-order valence-electron chi connectivity index (χ1n) is 6.22. The van der Waals surface area contributed by atoms with Gasteiger partial charge in [0.05, 0.1) is 6.04 Å². The van der Waals surface area contributed by atoms with Gasteiger partial charge in [0.15, 0.2) is 0 Å². The van der Waals surface area contributed by atoms with Gasteiger partial charge in [-0.2, -0.15) is 0 Å². The second-order valence-corrected chi connectivity index (χ2v) is 4.39. The zero-order valence-electron chi connectivity index (χ0n) is 11.1. The standard InChI is InChI=1S/C14H22N2O2/c1-11-6-3-4-7-12(11)10-16-14(17)13(15)8-5-9-18-2/h3-4,6-7,13H,5,8-10,15H2,1-2H3,(H,16,17). The Morgan fingerprint density at radius 2 is 2.17 bits per heavy atom. The lowest BCUT2D eigenvalue weighted by molar-refractivity contribution is -0.122. The first-order chi connectivity index (χ1) is 8.65. The Labute approximate surface area is 109 Å². The van der Waals surface area contributed by atoms with Gasteiger partial charge in [0.2, 0.25) is 5.91 Å². The number of rotatable bonds is 7. The fraction of sp³-hybridized carbons (Fsp3) is 0.500. The van der Waals surface area contributed by atoms with Crippen molar-refractivity contribution in [3.8, 4) is 0 Å². The van der Waals surface area contributed by atoms with Gasteiger partial charge in [-0.3, -0.25) is 4.79 Å². The Balaban J connectivity index is 2.34. The van der Waals surface area contributed by atoms with Crippen LogP contribution in [0.15, 0.2) is 24.3 Å². The summed E-state index contributed by atoms with van der Waals surface area (Å²) >= 11 is 0. The molecular weight excluding hydrogens is 228 g/mol. The number of carbonyl (C=O) groups excluding carboxylic acids is 1. The second-order valence-electron chi connectivity index (χ2n) is 4.39. The lowest BCUT2D eigenvalue weighted by atomic mass is 10.1. The lowest BCUT2D eigenvalue weighted by Crippen LogP contribution is -2.40. The normalized spacial score (nSPS) is 12.2.